The van der Waals surface area contributed by atoms with Crippen molar-refractivity contribution in [2.24, 2.45) is 0 Å². The maximum absolute atomic E-state index is 15.1. The monoisotopic (exact) mass is 619 g/mol. The zero-order valence-corrected chi connectivity index (χ0v) is 28.3. The van der Waals surface area contributed by atoms with E-state index in [1.165, 1.54) is 72.1 Å². The molecule has 0 saturated carbocycles. The maximum atomic E-state index is 15.1. The molecule has 7 aromatic rings. The second kappa shape index (κ2) is 8.82. The van der Waals surface area contributed by atoms with E-state index in [0.29, 0.717) is 0 Å². The molecule has 6 aromatic carbocycles. The van der Waals surface area contributed by atoms with Gasteiger partial charge in [0.2, 0.25) is 0 Å². The van der Waals surface area contributed by atoms with Crippen LogP contribution >= 0.6 is 0 Å². The Hall–Kier alpha value is -5.21. The molecule has 48 heavy (non-hydrogen) atoms. The largest absolute Gasteiger partial charge is 0.276 e. The summed E-state index contributed by atoms with van der Waals surface area (Å²) >= 11 is 0. The molecule has 0 N–H and O–H groups in total. The molecule has 0 bridgehead atoms. The van der Waals surface area contributed by atoms with Crippen molar-refractivity contribution in [3.63, 3.8) is 0 Å². The lowest BCUT2D eigenvalue weighted by Crippen LogP contribution is -2.23. The molecule has 2 heteroatoms. The standard InChI is InChI=1S/C46H37NO/c1-44(2)35-16-10-7-13-27(35)30-20-19-26(23-38(30)44)47-40-22-21-31-28-14-8-12-18-37(28)46(5,6)42(31)41(40)33-24-32-29-15-9-11-17-36(29)45(3,4)39(32)25-34(33)43(47)48/h7-25H,1-6H3. The smallest absolute Gasteiger partial charge is 0.263 e. The Labute approximate surface area is 281 Å². The molecule has 0 atom stereocenters. The van der Waals surface area contributed by atoms with Crippen LogP contribution in [0.15, 0.2) is 120 Å². The Morgan fingerprint density at radius 2 is 0.938 bits per heavy atom. The summed E-state index contributed by atoms with van der Waals surface area (Å²) in [7, 11) is 0. The van der Waals surface area contributed by atoms with E-state index in [1.54, 1.807) is 0 Å². The van der Waals surface area contributed by atoms with Crippen LogP contribution in [0.4, 0.5) is 0 Å². The van der Waals surface area contributed by atoms with Crippen molar-refractivity contribution in [2.45, 2.75) is 57.8 Å². The fourth-order valence-electron chi connectivity index (χ4n) is 9.77. The van der Waals surface area contributed by atoms with Gasteiger partial charge in [0.25, 0.3) is 5.56 Å². The first-order chi connectivity index (χ1) is 23.0. The summed E-state index contributed by atoms with van der Waals surface area (Å²) in [5.41, 5.74) is 16.7. The summed E-state index contributed by atoms with van der Waals surface area (Å²) < 4.78 is 2.01. The molecule has 3 aliphatic rings. The van der Waals surface area contributed by atoms with Crippen LogP contribution in [0.2, 0.25) is 0 Å². The van der Waals surface area contributed by atoms with Crippen LogP contribution in [-0.4, -0.2) is 4.57 Å². The third kappa shape index (κ3) is 3.21. The Kier molecular flexibility index (Phi) is 5.12. The lowest BCUT2D eigenvalue weighted by atomic mass is 9.79. The molecule has 2 nitrogen and oxygen atoms in total. The van der Waals surface area contributed by atoms with E-state index in [0.717, 1.165) is 22.0 Å². The first kappa shape index (κ1) is 27.9. The summed E-state index contributed by atoms with van der Waals surface area (Å²) in [4.78, 5) is 15.1. The van der Waals surface area contributed by atoms with Gasteiger partial charge in [-0.15, -0.1) is 0 Å². The van der Waals surface area contributed by atoms with Crippen LogP contribution in [0, 0.1) is 0 Å². The molecular weight excluding hydrogens is 583 g/mol. The Bertz CT molecular complexity index is 2660. The van der Waals surface area contributed by atoms with Gasteiger partial charge in [0, 0.05) is 32.7 Å². The molecule has 0 amide bonds. The maximum Gasteiger partial charge on any atom is 0.263 e. The first-order valence-electron chi connectivity index (χ1n) is 17.2. The average Bonchev–Trinajstić information content (AvgIpc) is 3.57. The Morgan fingerprint density at radius 1 is 0.438 bits per heavy atom. The number of hydrogen-bond acceptors (Lipinski definition) is 1. The van der Waals surface area contributed by atoms with Crippen LogP contribution in [-0.2, 0) is 16.2 Å². The van der Waals surface area contributed by atoms with Gasteiger partial charge in [0.1, 0.15) is 0 Å². The van der Waals surface area contributed by atoms with Gasteiger partial charge in [-0.3, -0.25) is 9.36 Å². The molecule has 0 saturated heterocycles. The lowest BCUT2D eigenvalue weighted by Gasteiger charge is -2.26. The zero-order chi connectivity index (χ0) is 32.9. The van der Waals surface area contributed by atoms with Gasteiger partial charge in [-0.2, -0.15) is 0 Å². The van der Waals surface area contributed by atoms with E-state index in [2.05, 4.69) is 157 Å². The van der Waals surface area contributed by atoms with Crippen molar-refractivity contribution < 1.29 is 0 Å². The molecule has 232 valence electrons. The highest BCUT2D eigenvalue weighted by Gasteiger charge is 2.40. The minimum Gasteiger partial charge on any atom is -0.276 e. The van der Waals surface area contributed by atoms with Gasteiger partial charge in [-0.05, 0) is 102 Å². The number of benzene rings is 6. The minimum atomic E-state index is -0.238. The quantitative estimate of drug-likeness (QED) is 0.168. The van der Waals surface area contributed by atoms with Gasteiger partial charge in [-0.1, -0.05) is 126 Å². The number of aromatic nitrogens is 1. The van der Waals surface area contributed by atoms with Crippen molar-refractivity contribution in [2.75, 3.05) is 0 Å². The summed E-state index contributed by atoms with van der Waals surface area (Å²) in [5, 5.41) is 3.01. The van der Waals surface area contributed by atoms with Crippen LogP contribution < -0.4 is 5.56 Å². The SMILES string of the molecule is CC1(C)c2ccccc2-c2ccc(-n3c(=O)c4cc5c(cc4c4c6c(ccc43)-c3ccccc3C6(C)C)-c3ccccc3C5(C)C)cc21. The Balaban J connectivity index is 1.36. The van der Waals surface area contributed by atoms with Gasteiger partial charge in [-0.25, -0.2) is 0 Å². The summed E-state index contributed by atoms with van der Waals surface area (Å²) in [5.74, 6) is 0. The fourth-order valence-corrected chi connectivity index (χ4v) is 9.77. The third-order valence-electron chi connectivity index (χ3n) is 12.2. The molecule has 10 rings (SSSR count). The van der Waals surface area contributed by atoms with Gasteiger partial charge < -0.3 is 0 Å². The lowest BCUT2D eigenvalue weighted by molar-refractivity contribution is 0.659. The second-order valence-electron chi connectivity index (χ2n) is 15.7. The van der Waals surface area contributed by atoms with E-state index in [1.807, 2.05) is 4.57 Å². The summed E-state index contributed by atoms with van der Waals surface area (Å²) in [6, 6.07) is 42.0. The van der Waals surface area contributed by atoms with Gasteiger partial charge in [0.15, 0.2) is 0 Å². The summed E-state index contributed by atoms with van der Waals surface area (Å²) in [6.07, 6.45) is 0. The zero-order valence-electron chi connectivity index (χ0n) is 28.3. The number of hydrogen-bond donors (Lipinski definition) is 0. The highest BCUT2D eigenvalue weighted by atomic mass is 16.1. The fraction of sp³-hybridized carbons (Fsp3) is 0.196. The minimum absolute atomic E-state index is 0.0357. The van der Waals surface area contributed by atoms with Gasteiger partial charge >= 0.3 is 0 Å². The van der Waals surface area contributed by atoms with Crippen molar-refractivity contribution in [1.82, 2.24) is 4.57 Å². The highest BCUT2D eigenvalue weighted by Crippen LogP contribution is 2.55. The molecule has 0 radical (unpaired) electrons. The van der Waals surface area contributed by atoms with Crippen molar-refractivity contribution in [1.29, 1.82) is 0 Å². The molecule has 1 aromatic heterocycles. The van der Waals surface area contributed by atoms with Crippen LogP contribution in [0.25, 0.3) is 60.7 Å². The summed E-state index contributed by atoms with van der Waals surface area (Å²) in [6.45, 7) is 13.9. The first-order valence-corrected chi connectivity index (χ1v) is 17.2. The number of pyridine rings is 1. The highest BCUT2D eigenvalue weighted by molar-refractivity contribution is 6.13. The molecule has 0 aliphatic heterocycles. The average molecular weight is 620 g/mol. The van der Waals surface area contributed by atoms with E-state index in [4.69, 9.17) is 0 Å². The molecular formula is C46H37NO. The predicted molar refractivity (Wildman–Crippen MR) is 200 cm³/mol. The van der Waals surface area contributed by atoms with Gasteiger partial charge in [0.05, 0.1) is 5.52 Å². The van der Waals surface area contributed by atoms with E-state index in [-0.39, 0.29) is 21.8 Å². The predicted octanol–water partition coefficient (Wildman–Crippen LogP) is 11.1. The second-order valence-corrected chi connectivity index (χ2v) is 15.7. The van der Waals surface area contributed by atoms with Crippen molar-refractivity contribution in [3.8, 4) is 39.1 Å². The molecule has 3 aliphatic carbocycles. The molecule has 0 fully saturated rings. The van der Waals surface area contributed by atoms with E-state index >= 15 is 4.79 Å². The normalized spacial score (nSPS) is 16.7. The third-order valence-corrected chi connectivity index (χ3v) is 12.2. The van der Waals surface area contributed by atoms with Crippen molar-refractivity contribution >= 4 is 21.7 Å². The number of nitrogens with zero attached hydrogens (tertiary/aromatic N) is 1. The molecule has 0 unspecified atom stereocenters. The number of rotatable bonds is 1. The van der Waals surface area contributed by atoms with E-state index < -0.39 is 0 Å². The van der Waals surface area contributed by atoms with E-state index in [9.17, 15) is 0 Å². The Morgan fingerprint density at radius 3 is 1.58 bits per heavy atom. The van der Waals surface area contributed by atoms with Crippen molar-refractivity contribution in [3.05, 3.63) is 159 Å². The molecule has 0 spiro atoms. The number of fused-ring (bicyclic) bond motifs is 13. The van der Waals surface area contributed by atoms with Crippen LogP contribution in [0.3, 0.4) is 0 Å². The topological polar surface area (TPSA) is 22.0 Å². The van der Waals surface area contributed by atoms with Crippen LogP contribution in [0.5, 0.6) is 0 Å². The molecule has 1 heterocycles. The van der Waals surface area contributed by atoms with Crippen LogP contribution in [0.1, 0.15) is 74.9 Å².